The van der Waals surface area contributed by atoms with Crippen LogP contribution in [0.15, 0.2) is 64.0 Å². The summed E-state index contributed by atoms with van der Waals surface area (Å²) < 4.78 is 44.5. The lowest BCUT2D eigenvalue weighted by Crippen LogP contribution is -2.20. The van der Waals surface area contributed by atoms with Crippen LogP contribution in [0.3, 0.4) is 0 Å². The van der Waals surface area contributed by atoms with E-state index in [2.05, 4.69) is 20.0 Å². The Hall–Kier alpha value is -3.92. The first-order valence-electron chi connectivity index (χ1n) is 12.7. The van der Waals surface area contributed by atoms with Gasteiger partial charge in [0, 0.05) is 53.0 Å². The van der Waals surface area contributed by atoms with Gasteiger partial charge in [0.05, 0.1) is 33.8 Å². The number of carbonyl (C=O) groups excluding carboxylic acids is 2. The summed E-state index contributed by atoms with van der Waals surface area (Å²) in [4.78, 5) is 29.8. The molecule has 1 aromatic heterocycles. The predicted molar refractivity (Wildman–Crippen MR) is 141 cm³/mol. The molecule has 1 aliphatic rings. The molecule has 1 heterocycles. The van der Waals surface area contributed by atoms with Crippen molar-refractivity contribution < 1.29 is 22.6 Å². The third-order valence-corrected chi connectivity index (χ3v) is 7.74. The van der Waals surface area contributed by atoms with Gasteiger partial charge < -0.3 is 20.7 Å². The predicted octanol–water partition coefficient (Wildman–Crippen LogP) is 4.30. The van der Waals surface area contributed by atoms with Gasteiger partial charge in [0.1, 0.15) is 11.6 Å². The quantitative estimate of drug-likeness (QED) is 0.416. The van der Waals surface area contributed by atoms with E-state index in [4.69, 9.17) is 8.85 Å². The Labute approximate surface area is 215 Å². The van der Waals surface area contributed by atoms with Gasteiger partial charge in [-0.1, -0.05) is 24.3 Å². The van der Waals surface area contributed by atoms with Gasteiger partial charge in [0.25, 0.3) is 5.91 Å². The maximum Gasteiger partial charge on any atom is 0.254 e. The van der Waals surface area contributed by atoms with Gasteiger partial charge in [-0.15, -0.1) is 0 Å². The number of nitrogens with zero attached hydrogens (tertiary/aromatic N) is 2. The van der Waals surface area contributed by atoms with Crippen molar-refractivity contribution in [3.63, 3.8) is 0 Å². The number of hydrogen-bond acceptors (Lipinski definition) is 7. The third kappa shape index (κ3) is 5.33. The molecule has 3 N–H and O–H groups in total. The lowest BCUT2D eigenvalue weighted by molar-refractivity contribution is -0.117. The third-order valence-electron chi connectivity index (χ3n) is 5.90. The van der Waals surface area contributed by atoms with Crippen LogP contribution in [0.25, 0.3) is 11.1 Å². The first-order valence-corrected chi connectivity index (χ1v) is 13.1. The number of methoxy groups -OCH3 is 1. The molecule has 36 heavy (non-hydrogen) atoms. The van der Waals surface area contributed by atoms with Crippen LogP contribution in [0.2, 0.25) is 0 Å². The number of hydrogen-bond donors (Lipinski definition) is 3. The largest absolute Gasteiger partial charge is 0.494 e. The molecule has 2 amide bonds. The molecule has 0 bridgehead atoms. The number of ether oxygens (including phenoxy) is 1. The molecule has 3 aromatic rings. The number of carbonyl (C=O) groups is 2. The van der Waals surface area contributed by atoms with Crippen LogP contribution in [-0.4, -0.2) is 48.4 Å². The minimum absolute atomic E-state index is 0.0339. The van der Waals surface area contributed by atoms with Crippen LogP contribution < -0.4 is 20.7 Å². The summed E-state index contributed by atoms with van der Waals surface area (Å²) in [5.41, 5.74) is 2.18. The van der Waals surface area contributed by atoms with E-state index < -0.39 is 22.6 Å². The van der Waals surface area contributed by atoms with E-state index in [0.29, 0.717) is 16.3 Å². The summed E-state index contributed by atoms with van der Waals surface area (Å²) in [6.45, 7) is -2.70. The van der Waals surface area contributed by atoms with E-state index >= 15 is 0 Å². The average molecular weight is 511 g/mol. The number of aromatic nitrogens is 1. The van der Waals surface area contributed by atoms with Gasteiger partial charge in [0.15, 0.2) is 0 Å². The topological polar surface area (TPSA) is 122 Å². The van der Waals surface area contributed by atoms with E-state index in [0.717, 1.165) is 24.0 Å². The molecule has 0 saturated heterocycles. The highest BCUT2D eigenvalue weighted by atomic mass is 32.2. The lowest BCUT2D eigenvalue weighted by atomic mass is 10.0. The maximum absolute atomic E-state index is 12.8. The minimum atomic E-state index is -2.70. The van der Waals surface area contributed by atoms with E-state index in [1.807, 2.05) is 23.5 Å². The second-order valence-electron chi connectivity index (χ2n) is 8.35. The molecular formula is C26H29N5O4S. The summed E-state index contributed by atoms with van der Waals surface area (Å²) in [5.74, 6) is -0.416. The highest BCUT2D eigenvalue weighted by molar-refractivity contribution is 7.93. The molecule has 10 heteroatoms. The van der Waals surface area contributed by atoms with Crippen molar-refractivity contribution in [3.8, 4) is 16.9 Å². The van der Waals surface area contributed by atoms with Gasteiger partial charge in [-0.2, -0.15) is 0 Å². The molecule has 4 rings (SSSR count). The van der Waals surface area contributed by atoms with E-state index in [1.165, 1.54) is 26.4 Å². The molecule has 0 spiro atoms. The first-order chi connectivity index (χ1) is 18.4. The summed E-state index contributed by atoms with van der Waals surface area (Å²) in [5, 5.41) is 7.86. The van der Waals surface area contributed by atoms with Crippen molar-refractivity contribution >= 4 is 38.7 Å². The van der Waals surface area contributed by atoms with Gasteiger partial charge in [-0.25, -0.2) is 13.6 Å². The number of amides is 2. The minimum Gasteiger partial charge on any atom is -0.494 e. The van der Waals surface area contributed by atoms with Crippen molar-refractivity contribution in [1.82, 2.24) is 10.3 Å². The highest BCUT2D eigenvalue weighted by Gasteiger charge is 2.30. The molecule has 188 valence electrons. The number of benzene rings is 2. The Balaban J connectivity index is 1.73. The van der Waals surface area contributed by atoms with Crippen LogP contribution in [0.5, 0.6) is 5.75 Å². The SMILES string of the molecule is [2H]C([2H])([2H])NC(=O)c1cnc(NC(=O)C2CC2)cc1Nc1cccc(-c2ccc(S(C)(=O)=NC)cc2)c1OC. The molecule has 0 aliphatic heterocycles. The van der Waals surface area contributed by atoms with Crippen molar-refractivity contribution in [2.24, 2.45) is 10.3 Å². The molecule has 0 radical (unpaired) electrons. The molecular weight excluding hydrogens is 478 g/mol. The van der Waals surface area contributed by atoms with Crippen LogP contribution >= 0.6 is 0 Å². The summed E-state index contributed by atoms with van der Waals surface area (Å²) >= 11 is 0. The average Bonchev–Trinajstić information content (AvgIpc) is 3.73. The zero-order valence-corrected chi connectivity index (χ0v) is 20.9. The van der Waals surface area contributed by atoms with E-state index in [1.54, 1.807) is 30.5 Å². The van der Waals surface area contributed by atoms with Crippen LogP contribution in [0.4, 0.5) is 17.2 Å². The van der Waals surface area contributed by atoms with Crippen LogP contribution in [0, 0.1) is 5.92 Å². The van der Waals surface area contributed by atoms with Crippen molar-refractivity contribution in [1.29, 1.82) is 0 Å². The molecule has 1 fully saturated rings. The molecule has 1 atom stereocenters. The van der Waals surface area contributed by atoms with Crippen molar-refractivity contribution in [3.05, 3.63) is 60.3 Å². The summed E-state index contributed by atoms with van der Waals surface area (Å²) in [6.07, 6.45) is 4.40. The second kappa shape index (κ2) is 10.4. The van der Waals surface area contributed by atoms with Gasteiger partial charge in [-0.05, 0) is 36.6 Å². The number of anilines is 3. The number of para-hydroxylation sites is 1. The molecule has 9 nitrogen and oxygen atoms in total. The first kappa shape index (κ1) is 21.4. The smallest absolute Gasteiger partial charge is 0.254 e. The zero-order valence-electron chi connectivity index (χ0n) is 23.1. The van der Waals surface area contributed by atoms with E-state index in [-0.39, 0.29) is 28.9 Å². The second-order valence-corrected chi connectivity index (χ2v) is 10.8. The lowest BCUT2D eigenvalue weighted by Gasteiger charge is -2.18. The van der Waals surface area contributed by atoms with Crippen molar-refractivity contribution in [2.75, 3.05) is 38.0 Å². The molecule has 1 aliphatic carbocycles. The standard InChI is InChI=1S/C26H29N5O4S/c1-27-26(33)20-15-29-23(31-25(32)17-8-9-17)14-22(20)30-21-7-5-6-19(24(21)35-3)16-10-12-18(13-11-16)36(4,34)28-2/h5-7,10-15,17H,8-9H2,1-4H3,(H,27,33)(H2,29,30,31,32)/i1D3. The monoisotopic (exact) mass is 510 g/mol. The van der Waals surface area contributed by atoms with Crippen LogP contribution in [-0.2, 0) is 14.5 Å². The fourth-order valence-electron chi connectivity index (χ4n) is 3.67. The number of nitrogens with one attached hydrogen (secondary N) is 3. The Morgan fingerprint density at radius 3 is 2.56 bits per heavy atom. The Kier molecular flexibility index (Phi) is 6.15. The number of rotatable bonds is 8. The van der Waals surface area contributed by atoms with Gasteiger partial charge in [0.2, 0.25) is 5.91 Å². The molecule has 1 unspecified atom stereocenters. The molecule has 1 saturated carbocycles. The summed E-state index contributed by atoms with van der Waals surface area (Å²) in [7, 11) is 0.536. The van der Waals surface area contributed by atoms with Crippen LogP contribution in [0.1, 0.15) is 27.3 Å². The van der Waals surface area contributed by atoms with Gasteiger partial charge >= 0.3 is 0 Å². The Bertz CT molecular complexity index is 1530. The Morgan fingerprint density at radius 2 is 1.92 bits per heavy atom. The normalized spacial score (nSPS) is 15.9. The number of pyridine rings is 1. The fourth-order valence-corrected chi connectivity index (χ4v) is 4.52. The highest BCUT2D eigenvalue weighted by Crippen LogP contribution is 2.39. The fraction of sp³-hybridized carbons (Fsp3) is 0.269. The molecule has 2 aromatic carbocycles. The Morgan fingerprint density at radius 1 is 1.17 bits per heavy atom. The zero-order chi connectivity index (χ0) is 28.4. The summed E-state index contributed by atoms with van der Waals surface area (Å²) in [6, 6.07) is 14.0. The maximum atomic E-state index is 12.8. The van der Waals surface area contributed by atoms with Gasteiger partial charge in [-0.3, -0.25) is 9.59 Å². The van der Waals surface area contributed by atoms with E-state index in [9.17, 15) is 13.8 Å². The van der Waals surface area contributed by atoms with Crippen molar-refractivity contribution in [2.45, 2.75) is 17.7 Å².